The lowest BCUT2D eigenvalue weighted by Crippen LogP contribution is -2.04. The van der Waals surface area contributed by atoms with Gasteiger partial charge in [0.05, 0.1) is 17.6 Å². The Hall–Kier alpha value is -2.30. The molecule has 0 bridgehead atoms. The summed E-state index contributed by atoms with van der Waals surface area (Å²) in [4.78, 5) is 20.6. The molecular weight excluding hydrogens is 226 g/mol. The highest BCUT2D eigenvalue weighted by Crippen LogP contribution is 2.21. The highest BCUT2D eigenvalue weighted by molar-refractivity contribution is 6.31. The lowest BCUT2D eigenvalue weighted by molar-refractivity contribution is 1.05. The van der Waals surface area contributed by atoms with Crippen LogP contribution in [-0.2, 0) is 0 Å². The third-order valence-corrected chi connectivity index (χ3v) is 2.70. The number of aromatic nitrogens is 2. The molecule has 5 heteroatoms. The van der Waals surface area contributed by atoms with Crippen LogP contribution < -0.4 is 0 Å². The normalized spacial score (nSPS) is 22.3. The van der Waals surface area contributed by atoms with E-state index in [4.69, 9.17) is 0 Å². The third-order valence-electron chi connectivity index (χ3n) is 2.70. The second kappa shape index (κ2) is 4.18. The summed E-state index contributed by atoms with van der Waals surface area (Å²) in [6.45, 7) is 3.90. The fourth-order valence-corrected chi connectivity index (χ4v) is 1.84. The van der Waals surface area contributed by atoms with E-state index >= 15 is 0 Å². The molecule has 0 unspecified atom stereocenters. The van der Waals surface area contributed by atoms with Gasteiger partial charge in [0.15, 0.2) is 11.6 Å². The predicted octanol–water partition coefficient (Wildman–Crippen LogP) is 2.18. The molecule has 2 aliphatic heterocycles. The van der Waals surface area contributed by atoms with Crippen LogP contribution in [0.3, 0.4) is 0 Å². The van der Waals surface area contributed by atoms with Crippen LogP contribution in [0.15, 0.2) is 44.8 Å². The summed E-state index contributed by atoms with van der Waals surface area (Å²) in [5, 5.41) is 0. The van der Waals surface area contributed by atoms with Gasteiger partial charge in [0.25, 0.3) is 0 Å². The van der Waals surface area contributed by atoms with Gasteiger partial charge in [-0.1, -0.05) is 6.08 Å². The van der Waals surface area contributed by atoms with Gasteiger partial charge in [-0.05, 0) is 19.9 Å². The Kier molecular flexibility index (Phi) is 2.51. The van der Waals surface area contributed by atoms with Gasteiger partial charge >= 0.3 is 0 Å². The van der Waals surface area contributed by atoms with E-state index in [0.29, 0.717) is 5.82 Å². The van der Waals surface area contributed by atoms with Crippen LogP contribution in [0.1, 0.15) is 24.9 Å². The molecule has 5 nitrogen and oxygen atoms in total. The molecule has 3 rings (SSSR count). The summed E-state index contributed by atoms with van der Waals surface area (Å²) >= 11 is 0. The summed E-state index contributed by atoms with van der Waals surface area (Å²) in [6.07, 6.45) is 8.33. The molecule has 0 aromatic carbocycles. The minimum atomic E-state index is 0.706. The zero-order valence-corrected chi connectivity index (χ0v) is 10.3. The quantitative estimate of drug-likeness (QED) is 0.802. The van der Waals surface area contributed by atoms with Gasteiger partial charge in [-0.15, -0.1) is 0 Å². The number of nitrogens with zero attached hydrogens (tertiary/aromatic N) is 4. The van der Waals surface area contributed by atoms with E-state index in [9.17, 15) is 0 Å². The smallest absolute Gasteiger partial charge is 0.174 e. The monoisotopic (exact) mass is 239 g/mol. The molecule has 1 aromatic heterocycles. The largest absolute Gasteiger partial charge is 0.341 e. The molecule has 90 valence electrons. The molecule has 0 saturated heterocycles. The maximum absolute atomic E-state index is 4.58. The molecule has 0 radical (unpaired) electrons. The number of aliphatic imine (C=N–C) groups is 3. The Balaban J connectivity index is 2.00. The van der Waals surface area contributed by atoms with Crippen molar-refractivity contribution in [3.8, 4) is 0 Å². The van der Waals surface area contributed by atoms with E-state index < -0.39 is 0 Å². The second-order valence-electron chi connectivity index (χ2n) is 4.30. The van der Waals surface area contributed by atoms with E-state index in [-0.39, 0.29) is 0 Å². The Labute approximate surface area is 105 Å². The van der Waals surface area contributed by atoms with Gasteiger partial charge in [0.2, 0.25) is 0 Å². The van der Waals surface area contributed by atoms with Gasteiger partial charge < -0.3 is 4.98 Å². The summed E-state index contributed by atoms with van der Waals surface area (Å²) in [7, 11) is 0. The summed E-state index contributed by atoms with van der Waals surface area (Å²) in [5.74, 6) is 1.49. The van der Waals surface area contributed by atoms with Crippen molar-refractivity contribution in [3.05, 3.63) is 41.4 Å². The lowest BCUT2D eigenvalue weighted by atomic mass is 10.2. The number of aromatic amines is 1. The van der Waals surface area contributed by atoms with Crippen LogP contribution >= 0.6 is 0 Å². The van der Waals surface area contributed by atoms with Crippen molar-refractivity contribution >= 4 is 17.6 Å². The van der Waals surface area contributed by atoms with E-state index in [2.05, 4.69) is 31.0 Å². The topological polar surface area (TPSA) is 65.8 Å². The molecule has 1 aromatic rings. The van der Waals surface area contributed by atoms with Crippen LogP contribution in [-0.4, -0.2) is 27.6 Å². The molecule has 0 fully saturated rings. The van der Waals surface area contributed by atoms with Crippen molar-refractivity contribution in [1.29, 1.82) is 0 Å². The number of hydrogen-bond acceptors (Lipinski definition) is 4. The van der Waals surface area contributed by atoms with Gasteiger partial charge in [0, 0.05) is 18.3 Å². The number of H-pyrrole nitrogens is 1. The first-order valence-corrected chi connectivity index (χ1v) is 5.82. The molecule has 3 heterocycles. The number of hydrogen-bond donors (Lipinski definition) is 1. The van der Waals surface area contributed by atoms with Gasteiger partial charge in [-0.25, -0.2) is 20.0 Å². The molecule has 18 heavy (non-hydrogen) atoms. The minimum absolute atomic E-state index is 0.706. The number of dihydropyridines is 1. The predicted molar refractivity (Wildman–Crippen MR) is 72.2 cm³/mol. The maximum atomic E-state index is 4.58. The minimum Gasteiger partial charge on any atom is -0.341 e. The number of rotatable bonds is 1. The summed E-state index contributed by atoms with van der Waals surface area (Å²) in [6, 6.07) is 0. The van der Waals surface area contributed by atoms with E-state index in [0.717, 1.165) is 35.1 Å². The van der Waals surface area contributed by atoms with Crippen LogP contribution in [0.5, 0.6) is 0 Å². The molecule has 0 atom stereocenters. The highest BCUT2D eigenvalue weighted by atomic mass is 15.0. The van der Waals surface area contributed by atoms with Gasteiger partial charge in [-0.3, -0.25) is 0 Å². The average molecular weight is 239 g/mol. The second-order valence-corrected chi connectivity index (χ2v) is 4.30. The zero-order chi connectivity index (χ0) is 12.5. The third kappa shape index (κ3) is 1.95. The Morgan fingerprint density at radius 3 is 2.78 bits per heavy atom. The molecule has 1 N–H and O–H groups in total. The Morgan fingerprint density at radius 1 is 1.22 bits per heavy atom. The van der Waals surface area contributed by atoms with Gasteiger partial charge in [-0.2, -0.15) is 0 Å². The van der Waals surface area contributed by atoms with Crippen LogP contribution in [0.2, 0.25) is 0 Å². The fraction of sp³-hybridized carbons (Fsp3) is 0.231. The number of aryl methyl sites for hydroxylation is 1. The van der Waals surface area contributed by atoms with Gasteiger partial charge in [0.1, 0.15) is 5.71 Å². The molecule has 2 aliphatic rings. The zero-order valence-electron chi connectivity index (χ0n) is 10.3. The lowest BCUT2D eigenvalue weighted by Gasteiger charge is -2.07. The standard InChI is InChI=1S/C13H13N5/c1-8-6-14-12(16-8)10-4-3-5-11(18-10)13-15-7-9(2)17-13/h3-4,6-7H,5H2,1-2H3,(H,14,16)/b13-11-. The first kappa shape index (κ1) is 10.8. The van der Waals surface area contributed by atoms with Crippen molar-refractivity contribution in [2.45, 2.75) is 20.3 Å². The van der Waals surface area contributed by atoms with Crippen molar-refractivity contribution < 1.29 is 0 Å². The average Bonchev–Trinajstić information content (AvgIpc) is 2.98. The Bertz CT molecular complexity index is 640. The SMILES string of the molecule is CC1=N/C(=C2/CC=CC(c3ncc(C)[nH]3)=N2)N=C1. The first-order chi connectivity index (χ1) is 8.72. The van der Waals surface area contributed by atoms with E-state index in [1.54, 1.807) is 12.4 Å². The highest BCUT2D eigenvalue weighted by Gasteiger charge is 2.14. The van der Waals surface area contributed by atoms with Crippen LogP contribution in [0.4, 0.5) is 0 Å². The Morgan fingerprint density at radius 2 is 2.11 bits per heavy atom. The molecule has 0 amide bonds. The fourth-order valence-electron chi connectivity index (χ4n) is 1.84. The summed E-state index contributed by atoms with van der Waals surface area (Å²) < 4.78 is 0. The van der Waals surface area contributed by atoms with E-state index in [1.165, 1.54) is 0 Å². The van der Waals surface area contributed by atoms with Crippen molar-refractivity contribution in [1.82, 2.24) is 9.97 Å². The number of allylic oxidation sites excluding steroid dienone is 2. The molecule has 0 spiro atoms. The molecule has 0 aliphatic carbocycles. The number of nitrogens with one attached hydrogen (secondary N) is 1. The van der Waals surface area contributed by atoms with Crippen LogP contribution in [0.25, 0.3) is 0 Å². The molecular formula is C13H13N5. The summed E-state index contributed by atoms with van der Waals surface area (Å²) in [5.41, 5.74) is 3.65. The van der Waals surface area contributed by atoms with Crippen molar-refractivity contribution in [2.24, 2.45) is 15.0 Å². The maximum Gasteiger partial charge on any atom is 0.174 e. The number of imidazole rings is 1. The first-order valence-electron chi connectivity index (χ1n) is 5.82. The van der Waals surface area contributed by atoms with Crippen LogP contribution in [0, 0.1) is 6.92 Å². The van der Waals surface area contributed by atoms with E-state index in [1.807, 2.05) is 19.9 Å². The molecule has 0 saturated carbocycles. The van der Waals surface area contributed by atoms with Crippen molar-refractivity contribution in [3.63, 3.8) is 0 Å². The van der Waals surface area contributed by atoms with Crippen molar-refractivity contribution in [2.75, 3.05) is 0 Å².